The van der Waals surface area contributed by atoms with E-state index >= 15 is 8.78 Å². The van der Waals surface area contributed by atoms with Crippen LogP contribution in [0.15, 0.2) is 53.7 Å². The van der Waals surface area contributed by atoms with E-state index in [0.29, 0.717) is 66.8 Å². The lowest BCUT2D eigenvalue weighted by molar-refractivity contribution is -0.134. The van der Waals surface area contributed by atoms with E-state index in [1.165, 1.54) is 12.1 Å². The number of nitrogens with one attached hydrogen (secondary N) is 2. The third kappa shape index (κ3) is 8.00. The first kappa shape index (κ1) is 41.5. The molecule has 326 valence electrons. The number of carbonyl (C=O) groups is 3. The summed E-state index contributed by atoms with van der Waals surface area (Å²) in [5, 5.41) is 10.1. The minimum atomic E-state index is -1.02. The van der Waals surface area contributed by atoms with Crippen LogP contribution in [0.3, 0.4) is 0 Å². The number of hydrogen-bond acceptors (Lipinski definition) is 11. The second kappa shape index (κ2) is 16.8. The zero-order valence-electron chi connectivity index (χ0n) is 36.0. The Morgan fingerprint density at radius 1 is 0.855 bits per heavy atom. The van der Waals surface area contributed by atoms with Crippen molar-refractivity contribution >= 4 is 46.4 Å². The summed E-state index contributed by atoms with van der Waals surface area (Å²) in [6.45, 7) is 12.8. The first-order valence-corrected chi connectivity index (χ1v) is 21.9. The first-order valence-electron chi connectivity index (χ1n) is 21.9. The molecule has 14 nitrogen and oxygen atoms in total. The Morgan fingerprint density at radius 2 is 1.63 bits per heavy atom. The van der Waals surface area contributed by atoms with Crippen LogP contribution in [0.5, 0.6) is 5.88 Å². The van der Waals surface area contributed by atoms with Crippen molar-refractivity contribution in [1.82, 2.24) is 25.0 Å². The molecule has 16 heteroatoms. The number of nitrogens with zero attached hydrogens (tertiary/aromatic N) is 8. The second-order valence-corrected chi connectivity index (χ2v) is 17.7. The monoisotopic (exact) mass is 848 g/mol. The lowest BCUT2D eigenvalue weighted by Gasteiger charge is -2.50. The molecule has 4 atom stereocenters. The van der Waals surface area contributed by atoms with Crippen molar-refractivity contribution in [3.05, 3.63) is 77.1 Å². The molecular formula is C46H54F2N10O4. The number of benzene rings is 2. The van der Waals surface area contributed by atoms with Crippen LogP contribution < -0.4 is 30.1 Å². The molecule has 62 heavy (non-hydrogen) atoms. The Labute approximate surface area is 360 Å². The molecule has 2 N–H and O–H groups in total. The van der Waals surface area contributed by atoms with Gasteiger partial charge in [-0.1, -0.05) is 6.92 Å². The van der Waals surface area contributed by atoms with Gasteiger partial charge in [-0.2, -0.15) is 10.1 Å². The van der Waals surface area contributed by atoms with Crippen LogP contribution in [0.4, 0.5) is 31.5 Å². The van der Waals surface area contributed by atoms with Crippen LogP contribution in [-0.2, 0) is 16.6 Å². The highest BCUT2D eigenvalue weighted by molar-refractivity contribution is 6.19. The number of aryl methyl sites for hydroxylation is 2. The summed E-state index contributed by atoms with van der Waals surface area (Å²) in [4.78, 5) is 56.5. The van der Waals surface area contributed by atoms with Gasteiger partial charge in [0.15, 0.2) is 0 Å². The predicted molar refractivity (Wildman–Crippen MR) is 234 cm³/mol. The van der Waals surface area contributed by atoms with Gasteiger partial charge in [-0.15, -0.1) is 0 Å². The van der Waals surface area contributed by atoms with Gasteiger partial charge in [0.25, 0.3) is 5.91 Å². The number of aromatic nitrogens is 3. The molecule has 3 amide bonds. The number of piperidine rings is 2. The van der Waals surface area contributed by atoms with Crippen LogP contribution >= 0.6 is 0 Å². The number of anilines is 4. The average Bonchev–Trinajstić information content (AvgIpc) is 3.78. The molecule has 2 aromatic carbocycles. The molecule has 3 saturated heterocycles. The van der Waals surface area contributed by atoms with Crippen molar-refractivity contribution in [3.8, 4) is 17.1 Å². The lowest BCUT2D eigenvalue weighted by atomic mass is 9.89. The summed E-state index contributed by atoms with van der Waals surface area (Å²) in [5.74, 6) is -2.57. The molecule has 5 aliphatic rings. The fourth-order valence-corrected chi connectivity index (χ4v) is 10.0. The average molecular weight is 849 g/mol. The second-order valence-electron chi connectivity index (χ2n) is 17.7. The van der Waals surface area contributed by atoms with Gasteiger partial charge in [-0.3, -0.25) is 29.6 Å². The summed E-state index contributed by atoms with van der Waals surface area (Å²) in [6.07, 6.45) is 5.32. The Bertz CT molecular complexity index is 2420. The highest BCUT2D eigenvalue weighted by Crippen LogP contribution is 2.40. The SMILES string of the molecule is Cc1cc2cc(n1)-c1cnn(C)c1OCCC[C@@H](C)CN1/C(=N/C2=O)Nc2ccc(N3C[C@@H](C)N(C4CCN(c5cc(F)c([C@H]6CCC(=O)NC6=O)c(F)c5)CC4)C[C@H]3C)cc21. The quantitative estimate of drug-likeness (QED) is 0.221. The standard InChI is InChI=1S/C46H54F2N10O4/c1-26-7-6-16-62-45-35(22-49-54(45)5)39-18-30(17-27(2)50-39)43(60)53-46-51-38-10-8-32(21-40(38)58(46)23-26)57-25-28(3)56(24-29(57)4)31-12-14-55(15-13-31)33-19-36(47)42(37(48)20-33)34-9-11-41(59)52-44(34)61/h8,10,17-22,26,28-29,31,34H,6-7,9,11-16,23-25H2,1-5H3,(H,51,53,60)(H,52,59,61)/t26-,28-,29-,34-/m1/s1. The van der Waals surface area contributed by atoms with Crippen LogP contribution in [0.2, 0.25) is 0 Å². The summed E-state index contributed by atoms with van der Waals surface area (Å²) in [7, 11) is 1.84. The number of guanidine groups is 1. The number of carbonyl (C=O) groups excluding carboxylic acids is 3. The molecule has 0 unspecified atom stereocenters. The summed E-state index contributed by atoms with van der Waals surface area (Å²) >= 11 is 0. The number of amides is 3. The van der Waals surface area contributed by atoms with Crippen molar-refractivity contribution in [1.29, 1.82) is 0 Å². The highest BCUT2D eigenvalue weighted by atomic mass is 19.1. The number of pyridine rings is 1. The number of imide groups is 1. The molecule has 2 bridgehead atoms. The van der Waals surface area contributed by atoms with Crippen LogP contribution in [0, 0.1) is 24.5 Å². The van der Waals surface area contributed by atoms with Gasteiger partial charge in [0, 0.05) is 92.5 Å². The summed E-state index contributed by atoms with van der Waals surface area (Å²) in [5.41, 5.74) is 5.68. The fraction of sp³-hybridized carbons (Fsp3) is 0.478. The van der Waals surface area contributed by atoms with E-state index in [1.54, 1.807) is 23.0 Å². The topological polar surface area (TPSA) is 141 Å². The number of ether oxygens (including phenoxy) is 1. The van der Waals surface area contributed by atoms with Gasteiger partial charge in [0.1, 0.15) is 11.6 Å². The first-order chi connectivity index (χ1) is 29.8. The van der Waals surface area contributed by atoms with E-state index in [0.717, 1.165) is 61.4 Å². The zero-order valence-corrected chi connectivity index (χ0v) is 36.0. The van der Waals surface area contributed by atoms with E-state index in [4.69, 9.17) is 14.7 Å². The zero-order chi connectivity index (χ0) is 43.4. The minimum Gasteiger partial charge on any atom is -0.477 e. The Morgan fingerprint density at radius 3 is 2.39 bits per heavy atom. The van der Waals surface area contributed by atoms with Gasteiger partial charge in [0.2, 0.25) is 23.7 Å². The van der Waals surface area contributed by atoms with Crippen molar-refractivity contribution in [3.63, 3.8) is 0 Å². The molecule has 3 fully saturated rings. The van der Waals surface area contributed by atoms with Crippen molar-refractivity contribution in [2.24, 2.45) is 18.0 Å². The largest absolute Gasteiger partial charge is 0.477 e. The van der Waals surface area contributed by atoms with E-state index in [9.17, 15) is 14.4 Å². The maximum absolute atomic E-state index is 15.4. The maximum atomic E-state index is 15.4. The Balaban J connectivity index is 0.890. The van der Waals surface area contributed by atoms with E-state index in [2.05, 4.69) is 69.4 Å². The molecule has 0 saturated carbocycles. The number of hydrogen-bond donors (Lipinski definition) is 2. The number of piperazine rings is 1. The summed E-state index contributed by atoms with van der Waals surface area (Å²) < 4.78 is 38.7. The molecule has 0 spiro atoms. The molecule has 4 aromatic rings. The molecule has 0 radical (unpaired) electrons. The Hall–Kier alpha value is -5.90. The molecule has 5 aliphatic heterocycles. The van der Waals surface area contributed by atoms with Gasteiger partial charge < -0.3 is 24.8 Å². The van der Waals surface area contributed by atoms with Crippen LogP contribution in [0.25, 0.3) is 11.3 Å². The van der Waals surface area contributed by atoms with Crippen molar-refractivity contribution in [2.75, 3.05) is 59.3 Å². The molecule has 0 aliphatic carbocycles. The molecular weight excluding hydrogens is 795 g/mol. The molecule has 7 heterocycles. The lowest BCUT2D eigenvalue weighted by Crippen LogP contribution is -2.60. The van der Waals surface area contributed by atoms with E-state index in [1.807, 2.05) is 18.9 Å². The van der Waals surface area contributed by atoms with Gasteiger partial charge >= 0.3 is 0 Å². The highest BCUT2D eigenvalue weighted by Gasteiger charge is 2.38. The van der Waals surface area contributed by atoms with Crippen molar-refractivity contribution < 1.29 is 27.9 Å². The number of aliphatic imine (C=N–C) groups is 1. The minimum absolute atomic E-state index is 0.0542. The van der Waals surface area contributed by atoms with Crippen LogP contribution in [-0.4, -0.2) is 101 Å². The van der Waals surface area contributed by atoms with Gasteiger partial charge in [-0.25, -0.2) is 13.5 Å². The summed E-state index contributed by atoms with van der Waals surface area (Å²) in [6, 6.07) is 13.4. The molecule has 2 aromatic heterocycles. The third-order valence-corrected chi connectivity index (χ3v) is 13.2. The van der Waals surface area contributed by atoms with Gasteiger partial charge in [-0.05, 0) is 101 Å². The van der Waals surface area contributed by atoms with Gasteiger partial charge in [0.05, 0.1) is 41.4 Å². The van der Waals surface area contributed by atoms with Crippen LogP contribution in [0.1, 0.15) is 86.8 Å². The molecule has 9 rings (SSSR count). The number of fused-ring (bicyclic) bond motifs is 7. The Kier molecular flexibility index (Phi) is 11.2. The fourth-order valence-electron chi connectivity index (χ4n) is 10.0. The normalized spacial score (nSPS) is 24.8. The van der Waals surface area contributed by atoms with E-state index < -0.39 is 29.4 Å². The smallest absolute Gasteiger partial charge is 0.280 e. The number of halogens is 2. The maximum Gasteiger partial charge on any atom is 0.280 e. The predicted octanol–water partition coefficient (Wildman–Crippen LogP) is 6.39. The third-order valence-electron chi connectivity index (χ3n) is 13.2. The van der Waals surface area contributed by atoms with E-state index in [-0.39, 0.29) is 42.3 Å². The van der Waals surface area contributed by atoms with Crippen molar-refractivity contribution in [2.45, 2.75) is 90.3 Å². The number of rotatable bonds is 4.